The lowest BCUT2D eigenvalue weighted by atomic mass is 10.2. The van der Waals surface area contributed by atoms with Crippen LogP contribution in [0.1, 0.15) is 5.89 Å². The largest absolute Gasteiger partial charge is 0.339 e. The SMILES string of the molecule is ClCCc1nc(-c2ccc(Br)cc2)no1. The van der Waals surface area contributed by atoms with Crippen molar-refractivity contribution in [1.82, 2.24) is 10.1 Å². The Labute approximate surface area is 101 Å². The molecule has 2 rings (SSSR count). The van der Waals surface area contributed by atoms with Crippen LogP contribution in [0.4, 0.5) is 0 Å². The molecule has 0 N–H and O–H groups in total. The molecule has 0 radical (unpaired) electrons. The summed E-state index contributed by atoms with van der Waals surface area (Å²) in [6.07, 6.45) is 0.602. The van der Waals surface area contributed by atoms with Crippen molar-refractivity contribution >= 4 is 27.5 Å². The minimum absolute atomic E-state index is 0.488. The quantitative estimate of drug-likeness (QED) is 0.813. The van der Waals surface area contributed by atoms with Gasteiger partial charge in [0.1, 0.15) is 0 Å². The summed E-state index contributed by atoms with van der Waals surface area (Å²) in [4.78, 5) is 4.22. The molecule has 0 bridgehead atoms. The molecule has 15 heavy (non-hydrogen) atoms. The van der Waals surface area contributed by atoms with Gasteiger partial charge in [0.05, 0.1) is 0 Å². The Kier molecular flexibility index (Phi) is 3.38. The van der Waals surface area contributed by atoms with Crippen LogP contribution < -0.4 is 0 Å². The average Bonchev–Trinajstić information content (AvgIpc) is 2.68. The van der Waals surface area contributed by atoms with E-state index in [4.69, 9.17) is 16.1 Å². The van der Waals surface area contributed by atoms with E-state index in [2.05, 4.69) is 26.1 Å². The van der Waals surface area contributed by atoms with Crippen LogP contribution >= 0.6 is 27.5 Å². The number of hydrogen-bond donors (Lipinski definition) is 0. The van der Waals surface area contributed by atoms with Crippen molar-refractivity contribution in [2.45, 2.75) is 6.42 Å². The summed E-state index contributed by atoms with van der Waals surface area (Å²) in [5.41, 5.74) is 0.933. The van der Waals surface area contributed by atoms with Crippen molar-refractivity contribution in [3.63, 3.8) is 0 Å². The zero-order valence-electron chi connectivity index (χ0n) is 7.78. The Morgan fingerprint density at radius 3 is 2.67 bits per heavy atom. The second-order valence-corrected chi connectivity index (χ2v) is 4.25. The van der Waals surface area contributed by atoms with Gasteiger partial charge in [0, 0.05) is 22.3 Å². The monoisotopic (exact) mass is 286 g/mol. The van der Waals surface area contributed by atoms with Crippen LogP contribution in [0.3, 0.4) is 0 Å². The molecular weight excluding hydrogens is 279 g/mol. The van der Waals surface area contributed by atoms with E-state index in [0.29, 0.717) is 24.0 Å². The molecule has 0 aliphatic rings. The fourth-order valence-corrected chi connectivity index (χ4v) is 1.58. The summed E-state index contributed by atoms with van der Waals surface area (Å²) in [5.74, 6) is 1.66. The van der Waals surface area contributed by atoms with Crippen molar-refractivity contribution in [1.29, 1.82) is 0 Å². The first-order valence-corrected chi connectivity index (χ1v) is 5.77. The lowest BCUT2D eigenvalue weighted by Crippen LogP contribution is -1.85. The van der Waals surface area contributed by atoms with Crippen LogP contribution in [0.2, 0.25) is 0 Å². The summed E-state index contributed by atoms with van der Waals surface area (Å²) in [6, 6.07) is 7.73. The third-order valence-electron chi connectivity index (χ3n) is 1.88. The third-order valence-corrected chi connectivity index (χ3v) is 2.60. The lowest BCUT2D eigenvalue weighted by molar-refractivity contribution is 0.383. The van der Waals surface area contributed by atoms with Crippen LogP contribution in [0.25, 0.3) is 11.4 Å². The van der Waals surface area contributed by atoms with E-state index in [-0.39, 0.29) is 0 Å². The lowest BCUT2D eigenvalue weighted by Gasteiger charge is -1.93. The second kappa shape index (κ2) is 4.77. The molecule has 0 fully saturated rings. The predicted molar refractivity (Wildman–Crippen MR) is 61.9 cm³/mol. The molecule has 0 atom stereocenters. The Bertz CT molecular complexity index is 441. The number of rotatable bonds is 3. The van der Waals surface area contributed by atoms with Gasteiger partial charge in [0.25, 0.3) is 0 Å². The van der Waals surface area contributed by atoms with Gasteiger partial charge in [0.15, 0.2) is 0 Å². The fraction of sp³-hybridized carbons (Fsp3) is 0.200. The summed E-state index contributed by atoms with van der Waals surface area (Å²) in [6.45, 7) is 0. The molecule has 0 aliphatic heterocycles. The minimum atomic E-state index is 0.488. The number of hydrogen-bond acceptors (Lipinski definition) is 3. The van der Waals surface area contributed by atoms with Gasteiger partial charge in [-0.05, 0) is 24.3 Å². The van der Waals surface area contributed by atoms with Crippen molar-refractivity contribution in [2.24, 2.45) is 0 Å². The normalized spacial score (nSPS) is 10.5. The Morgan fingerprint density at radius 1 is 1.27 bits per heavy atom. The van der Waals surface area contributed by atoms with Crippen LogP contribution in [-0.4, -0.2) is 16.0 Å². The van der Waals surface area contributed by atoms with E-state index in [1.54, 1.807) is 0 Å². The van der Waals surface area contributed by atoms with E-state index in [0.717, 1.165) is 10.0 Å². The molecule has 0 amide bonds. The van der Waals surface area contributed by atoms with E-state index in [1.807, 2.05) is 24.3 Å². The number of alkyl halides is 1. The van der Waals surface area contributed by atoms with Crippen LogP contribution in [-0.2, 0) is 6.42 Å². The van der Waals surface area contributed by atoms with Crippen LogP contribution in [0.15, 0.2) is 33.3 Å². The maximum atomic E-state index is 5.58. The van der Waals surface area contributed by atoms with Crippen LogP contribution in [0, 0.1) is 0 Å². The highest BCUT2D eigenvalue weighted by Crippen LogP contribution is 2.19. The minimum Gasteiger partial charge on any atom is -0.339 e. The van der Waals surface area contributed by atoms with E-state index < -0.39 is 0 Å². The van der Waals surface area contributed by atoms with Gasteiger partial charge in [-0.1, -0.05) is 21.1 Å². The number of nitrogens with zero attached hydrogens (tertiary/aromatic N) is 2. The molecule has 78 valence electrons. The Morgan fingerprint density at radius 2 is 2.00 bits per heavy atom. The summed E-state index contributed by atoms with van der Waals surface area (Å²) in [5, 5.41) is 3.87. The van der Waals surface area contributed by atoms with E-state index in [1.165, 1.54) is 0 Å². The topological polar surface area (TPSA) is 38.9 Å². The molecule has 1 aromatic heterocycles. The third kappa shape index (κ3) is 2.58. The summed E-state index contributed by atoms with van der Waals surface area (Å²) in [7, 11) is 0. The highest BCUT2D eigenvalue weighted by atomic mass is 79.9. The van der Waals surface area contributed by atoms with Crippen molar-refractivity contribution < 1.29 is 4.52 Å². The van der Waals surface area contributed by atoms with Gasteiger partial charge < -0.3 is 4.52 Å². The second-order valence-electron chi connectivity index (χ2n) is 2.96. The summed E-state index contributed by atoms with van der Waals surface area (Å²) < 4.78 is 6.06. The molecule has 1 aromatic carbocycles. The van der Waals surface area contributed by atoms with Gasteiger partial charge in [-0.25, -0.2) is 0 Å². The summed E-state index contributed by atoms with van der Waals surface area (Å²) >= 11 is 8.94. The number of benzene rings is 1. The fourth-order valence-electron chi connectivity index (χ4n) is 1.15. The zero-order chi connectivity index (χ0) is 10.7. The molecule has 0 saturated carbocycles. The number of aryl methyl sites for hydroxylation is 1. The smallest absolute Gasteiger partial charge is 0.228 e. The highest BCUT2D eigenvalue weighted by Gasteiger charge is 2.07. The van der Waals surface area contributed by atoms with Gasteiger partial charge in [-0.2, -0.15) is 4.98 Å². The van der Waals surface area contributed by atoms with Crippen LogP contribution in [0.5, 0.6) is 0 Å². The Hall–Kier alpha value is -0.870. The molecule has 3 nitrogen and oxygen atoms in total. The Balaban J connectivity index is 2.25. The van der Waals surface area contributed by atoms with Gasteiger partial charge in [-0.15, -0.1) is 11.6 Å². The molecule has 0 saturated heterocycles. The molecule has 0 unspecified atom stereocenters. The first-order valence-electron chi connectivity index (χ1n) is 4.44. The molecule has 0 aliphatic carbocycles. The molecule has 0 spiro atoms. The zero-order valence-corrected chi connectivity index (χ0v) is 10.1. The van der Waals surface area contributed by atoms with E-state index >= 15 is 0 Å². The predicted octanol–water partition coefficient (Wildman–Crippen LogP) is 3.28. The van der Waals surface area contributed by atoms with Gasteiger partial charge in [-0.3, -0.25) is 0 Å². The number of halogens is 2. The highest BCUT2D eigenvalue weighted by molar-refractivity contribution is 9.10. The van der Waals surface area contributed by atoms with Crippen molar-refractivity contribution in [2.75, 3.05) is 5.88 Å². The first kappa shape index (κ1) is 10.6. The first-order chi connectivity index (χ1) is 7.29. The molecular formula is C10H8BrClN2O. The van der Waals surface area contributed by atoms with E-state index in [9.17, 15) is 0 Å². The standard InChI is InChI=1S/C10H8BrClN2O/c11-8-3-1-7(2-4-8)10-13-9(5-6-12)15-14-10/h1-4H,5-6H2. The maximum Gasteiger partial charge on any atom is 0.228 e. The maximum absolute atomic E-state index is 5.58. The number of aromatic nitrogens is 2. The van der Waals surface area contributed by atoms with Gasteiger partial charge in [0.2, 0.25) is 11.7 Å². The average molecular weight is 288 g/mol. The van der Waals surface area contributed by atoms with Gasteiger partial charge >= 0.3 is 0 Å². The molecule has 1 heterocycles. The molecule has 5 heteroatoms. The molecule has 2 aromatic rings. The van der Waals surface area contributed by atoms with Crippen molar-refractivity contribution in [3.8, 4) is 11.4 Å². The van der Waals surface area contributed by atoms with Crippen molar-refractivity contribution in [3.05, 3.63) is 34.6 Å².